The number of benzene rings is 1. The van der Waals surface area contributed by atoms with Gasteiger partial charge in [-0.3, -0.25) is 9.00 Å². The molecule has 0 heterocycles. The third kappa shape index (κ3) is 2.01. The fraction of sp³-hybridized carbons (Fsp3) is 0.222. The highest BCUT2D eigenvalue weighted by atomic mass is 32.2. The van der Waals surface area contributed by atoms with Gasteiger partial charge in [0.15, 0.2) is 0 Å². The lowest BCUT2D eigenvalue weighted by Gasteiger charge is -2.09. The molecule has 0 N–H and O–H groups in total. The zero-order valence-electron chi connectivity index (χ0n) is 7.15. The van der Waals surface area contributed by atoms with Crippen molar-refractivity contribution in [2.24, 2.45) is 0 Å². The Kier molecular flexibility index (Phi) is 2.43. The number of rotatable bonds is 1. The van der Waals surface area contributed by atoms with Crippen LogP contribution in [-0.2, 0) is 9.93 Å². The van der Waals surface area contributed by atoms with Crippen LogP contribution in [0.5, 0.6) is 0 Å². The summed E-state index contributed by atoms with van der Waals surface area (Å²) in [4.78, 5) is 11.4. The van der Waals surface area contributed by atoms with Crippen LogP contribution in [0.4, 0.5) is 0 Å². The van der Waals surface area contributed by atoms with E-state index < -0.39 is 9.93 Å². The molecule has 66 valence electrons. The lowest BCUT2D eigenvalue weighted by molar-refractivity contribution is 0.108. The van der Waals surface area contributed by atoms with Crippen molar-refractivity contribution in [2.75, 3.05) is 12.5 Å². The normalized spacial score (nSPS) is 12.5. The van der Waals surface area contributed by atoms with Crippen LogP contribution in [0.2, 0.25) is 0 Å². The molecule has 0 saturated carbocycles. The average molecular weight is 184 g/mol. The number of thiol groups is 1. The Bertz CT molecular complexity index is 324. The van der Waals surface area contributed by atoms with Crippen molar-refractivity contribution in [3.63, 3.8) is 0 Å². The molecule has 0 fully saturated rings. The topological polar surface area (TPSA) is 34.1 Å². The van der Waals surface area contributed by atoms with Gasteiger partial charge in [0.2, 0.25) is 5.12 Å². The predicted molar refractivity (Wildman–Crippen MR) is 52.2 cm³/mol. The van der Waals surface area contributed by atoms with Gasteiger partial charge in [-0.05, 0) is 12.5 Å². The van der Waals surface area contributed by atoms with E-state index in [9.17, 15) is 9.00 Å². The summed E-state index contributed by atoms with van der Waals surface area (Å²) in [5, 5.41) is -0.247. The molecule has 1 aromatic rings. The molecule has 3 heteroatoms. The quantitative estimate of drug-likeness (QED) is 0.663. The monoisotopic (exact) mass is 184 g/mol. The summed E-state index contributed by atoms with van der Waals surface area (Å²) in [7, 11) is -2.62. The first-order chi connectivity index (χ1) is 5.52. The minimum Gasteiger partial charge on any atom is -0.281 e. The van der Waals surface area contributed by atoms with Crippen molar-refractivity contribution >= 4 is 15.0 Å². The molecule has 0 aliphatic heterocycles. The number of hydrogen-bond donors (Lipinski definition) is 1. The Hall–Kier alpha value is -0.960. The van der Waals surface area contributed by atoms with Crippen molar-refractivity contribution in [1.29, 1.82) is 0 Å². The lowest BCUT2D eigenvalue weighted by Crippen LogP contribution is -2.19. The predicted octanol–water partition coefficient (Wildman–Crippen LogP) is 1.10. The average Bonchev–Trinajstić information content (AvgIpc) is 2.03. The van der Waals surface area contributed by atoms with E-state index in [0.717, 1.165) is 0 Å². The molecule has 0 aliphatic carbocycles. The van der Waals surface area contributed by atoms with Crippen molar-refractivity contribution in [3.8, 4) is 0 Å². The van der Waals surface area contributed by atoms with Crippen LogP contribution in [0.1, 0.15) is 10.4 Å². The maximum Gasteiger partial charge on any atom is 0.225 e. The van der Waals surface area contributed by atoms with Gasteiger partial charge in [-0.1, -0.05) is 40.3 Å². The van der Waals surface area contributed by atoms with Crippen molar-refractivity contribution < 1.29 is 9.00 Å². The zero-order chi connectivity index (χ0) is 9.19. The summed E-state index contributed by atoms with van der Waals surface area (Å²) < 4.78 is 11.4. The Labute approximate surface area is 73.0 Å². The summed E-state index contributed by atoms with van der Waals surface area (Å²) in [5.74, 6) is 0. The second-order valence-electron chi connectivity index (χ2n) is 3.02. The van der Waals surface area contributed by atoms with Gasteiger partial charge < -0.3 is 0 Å². The number of carbonyl (C=O) groups is 1. The molecule has 2 nitrogen and oxygen atoms in total. The molecule has 0 aromatic heterocycles. The van der Waals surface area contributed by atoms with E-state index >= 15 is 0 Å². The molecule has 1 rings (SSSR count). The van der Waals surface area contributed by atoms with Crippen LogP contribution in [-0.4, -0.2) is 21.8 Å². The minimum absolute atomic E-state index is 0.247. The number of carbonyl (C=O) groups excluding carboxylic acids is 1. The van der Waals surface area contributed by atoms with E-state index in [1.807, 2.05) is 6.07 Å². The fourth-order valence-corrected chi connectivity index (χ4v) is 1.66. The first-order valence-corrected chi connectivity index (χ1v) is 6.27. The van der Waals surface area contributed by atoms with Gasteiger partial charge in [0.25, 0.3) is 0 Å². The summed E-state index contributed by atoms with van der Waals surface area (Å²) in [6, 6.07) is 8.72. The SMILES string of the molecule is C[SH](C)(=O)C(=O)c1ccccc1. The summed E-state index contributed by atoms with van der Waals surface area (Å²) in [6.07, 6.45) is 2.98. The zero-order valence-corrected chi connectivity index (χ0v) is 8.04. The van der Waals surface area contributed by atoms with Gasteiger partial charge in [0.05, 0.1) is 0 Å². The third-order valence-corrected chi connectivity index (χ3v) is 2.75. The summed E-state index contributed by atoms with van der Waals surface area (Å²) in [5.41, 5.74) is 0.533. The molecule has 0 atom stereocenters. The van der Waals surface area contributed by atoms with Gasteiger partial charge in [-0.2, -0.15) is 0 Å². The lowest BCUT2D eigenvalue weighted by atomic mass is 10.2. The molecule has 0 aliphatic rings. The maximum atomic E-state index is 11.4. The molecule has 0 unspecified atom stereocenters. The van der Waals surface area contributed by atoms with E-state index in [1.54, 1.807) is 24.3 Å². The molecular weight excluding hydrogens is 172 g/mol. The van der Waals surface area contributed by atoms with E-state index in [1.165, 1.54) is 12.5 Å². The van der Waals surface area contributed by atoms with Crippen LogP contribution >= 0.6 is 0 Å². The van der Waals surface area contributed by atoms with E-state index in [0.29, 0.717) is 5.56 Å². The molecule has 0 saturated heterocycles. The smallest absolute Gasteiger partial charge is 0.225 e. The van der Waals surface area contributed by atoms with E-state index in [2.05, 4.69) is 0 Å². The van der Waals surface area contributed by atoms with Gasteiger partial charge in [0, 0.05) is 5.56 Å². The summed E-state index contributed by atoms with van der Waals surface area (Å²) >= 11 is 0. The van der Waals surface area contributed by atoms with Crippen molar-refractivity contribution in [1.82, 2.24) is 0 Å². The molecule has 0 spiro atoms. The van der Waals surface area contributed by atoms with Crippen LogP contribution in [0, 0.1) is 0 Å². The summed E-state index contributed by atoms with van der Waals surface area (Å²) in [6.45, 7) is 0. The standard InChI is InChI=1S/C9H12O2S/c1-12(2,11)9(10)8-6-4-3-5-7-8/h3-7,12H,1-2H3. The first-order valence-electron chi connectivity index (χ1n) is 3.67. The molecule has 12 heavy (non-hydrogen) atoms. The Morgan fingerprint density at radius 2 is 1.67 bits per heavy atom. The van der Waals surface area contributed by atoms with Gasteiger partial charge in [0.1, 0.15) is 0 Å². The van der Waals surface area contributed by atoms with E-state index in [-0.39, 0.29) is 5.12 Å². The second-order valence-corrected chi connectivity index (χ2v) is 6.13. The minimum atomic E-state index is -2.62. The number of hydrogen-bond acceptors (Lipinski definition) is 2. The van der Waals surface area contributed by atoms with Crippen LogP contribution < -0.4 is 0 Å². The molecule has 0 amide bonds. The van der Waals surface area contributed by atoms with E-state index in [4.69, 9.17) is 0 Å². The highest BCUT2D eigenvalue weighted by molar-refractivity contribution is 8.15. The van der Waals surface area contributed by atoms with Crippen LogP contribution in [0.25, 0.3) is 0 Å². The van der Waals surface area contributed by atoms with Gasteiger partial charge >= 0.3 is 0 Å². The maximum absolute atomic E-state index is 11.4. The van der Waals surface area contributed by atoms with Crippen molar-refractivity contribution in [3.05, 3.63) is 35.9 Å². The van der Waals surface area contributed by atoms with Crippen molar-refractivity contribution in [2.45, 2.75) is 0 Å². The Morgan fingerprint density at radius 1 is 1.17 bits per heavy atom. The van der Waals surface area contributed by atoms with Crippen LogP contribution in [0.15, 0.2) is 30.3 Å². The second kappa shape index (κ2) is 3.19. The fourth-order valence-electron chi connectivity index (χ4n) is 0.892. The highest BCUT2D eigenvalue weighted by Gasteiger charge is 2.14. The van der Waals surface area contributed by atoms with Gasteiger partial charge in [-0.25, -0.2) is 0 Å². The largest absolute Gasteiger partial charge is 0.281 e. The molecule has 0 bridgehead atoms. The highest BCUT2D eigenvalue weighted by Crippen LogP contribution is 2.07. The van der Waals surface area contributed by atoms with Gasteiger partial charge in [-0.15, -0.1) is 0 Å². The molecular formula is C9H12O2S. The Balaban J connectivity index is 3.03. The third-order valence-electron chi connectivity index (χ3n) is 1.51. The molecule has 1 aromatic carbocycles. The molecule has 0 radical (unpaired) electrons. The Morgan fingerprint density at radius 3 is 2.08 bits per heavy atom. The first kappa shape index (κ1) is 9.13. The van der Waals surface area contributed by atoms with Crippen LogP contribution in [0.3, 0.4) is 0 Å².